The number of aromatic nitrogens is 16. The van der Waals surface area contributed by atoms with Crippen molar-refractivity contribution in [3.63, 3.8) is 0 Å². The van der Waals surface area contributed by atoms with Crippen LogP contribution >= 0.6 is 0 Å². The molecule has 12 aromatic rings. The molecule has 40 nitrogen and oxygen atoms in total. The zero-order valence-electron chi connectivity index (χ0n) is 86.5. The van der Waals surface area contributed by atoms with Gasteiger partial charge in [-0.15, -0.1) is 40.8 Å². The minimum Gasteiger partial charge on any atom is -0.494 e. The smallest absolute Gasteiger partial charge is 0.213 e. The predicted molar refractivity (Wildman–Crippen MR) is 556 cm³/mol. The molecule has 8 atom stereocenters. The van der Waals surface area contributed by atoms with Gasteiger partial charge in [0.2, 0.25) is 23.5 Å². The lowest BCUT2D eigenvalue weighted by atomic mass is 9.84. The number of benzene rings is 4. The lowest BCUT2D eigenvalue weighted by Crippen LogP contribution is -2.39. The van der Waals surface area contributed by atoms with Crippen LogP contribution in [-0.2, 0) is 62.4 Å². The monoisotopic (exact) mass is 2120 g/mol. The van der Waals surface area contributed by atoms with Gasteiger partial charge in [-0.05, 0) is 176 Å². The summed E-state index contributed by atoms with van der Waals surface area (Å²) in [6, 6.07) is 41.8. The Morgan fingerprint density at radius 2 is 0.405 bits per heavy atom. The Morgan fingerprint density at radius 3 is 0.561 bits per heavy atom. The first-order valence-electron chi connectivity index (χ1n) is 49.5. The van der Waals surface area contributed by atoms with Gasteiger partial charge in [0, 0.05) is 24.3 Å². The number of sulfone groups is 4. The topological polar surface area (TPSA) is 503 Å². The van der Waals surface area contributed by atoms with Crippen molar-refractivity contribution in [2.75, 3.05) is 85.3 Å². The van der Waals surface area contributed by atoms with E-state index in [1.165, 1.54) is 85.3 Å². The first-order chi connectivity index (χ1) is 71.2. The molecule has 4 aromatic carbocycles. The number of hydrogen-bond donors (Lipinski definition) is 4. The Bertz CT molecular complexity index is 6010. The molecule has 4 saturated carbocycles. The van der Waals surface area contributed by atoms with Crippen LogP contribution in [0.15, 0.2) is 146 Å². The van der Waals surface area contributed by atoms with E-state index in [4.69, 9.17) is 56.8 Å². The number of aliphatic hydroxyl groups is 4. The van der Waals surface area contributed by atoms with Crippen LogP contribution in [0.25, 0.3) is 68.8 Å². The number of hydrogen-bond acceptors (Lipinski definition) is 36. The van der Waals surface area contributed by atoms with E-state index in [0.29, 0.717) is 138 Å². The normalized spacial score (nSPS) is 16.2. The number of rotatable bonds is 40. The molecule has 4 N–H and O–H groups in total. The van der Waals surface area contributed by atoms with Gasteiger partial charge in [0.25, 0.3) is 0 Å². The van der Waals surface area contributed by atoms with Crippen LogP contribution in [0, 0.1) is 23.7 Å². The van der Waals surface area contributed by atoms with Crippen molar-refractivity contribution in [1.29, 1.82) is 0 Å². The van der Waals surface area contributed by atoms with Crippen molar-refractivity contribution in [3.8, 4) is 138 Å². The summed E-state index contributed by atoms with van der Waals surface area (Å²) in [4.78, 5) is 17.9. The van der Waals surface area contributed by atoms with Crippen LogP contribution < -0.4 is 56.8 Å². The molecule has 16 rings (SSSR count). The van der Waals surface area contributed by atoms with E-state index in [-0.39, 0.29) is 47.0 Å². The van der Waals surface area contributed by atoms with Crippen molar-refractivity contribution in [2.45, 2.75) is 225 Å². The highest BCUT2D eigenvalue weighted by Gasteiger charge is 2.43. The number of methoxy groups -OCH3 is 12. The summed E-state index contributed by atoms with van der Waals surface area (Å²) in [6.45, 7) is 6.29. The molecule has 8 heterocycles. The number of ether oxygens (including phenoxy) is 12. The maximum atomic E-state index is 13.6. The highest BCUT2D eigenvalue weighted by atomic mass is 32.2. The molecule has 8 aromatic heterocycles. The number of para-hydroxylation sites is 4. The maximum Gasteiger partial charge on any atom is 0.213 e. The summed E-state index contributed by atoms with van der Waals surface area (Å²) in [5, 5.41) is 74.4. The fourth-order valence-corrected chi connectivity index (χ4v) is 25.4. The average molecular weight is 2120 g/mol. The molecule has 0 spiro atoms. The van der Waals surface area contributed by atoms with E-state index in [9.17, 15) is 54.1 Å². The van der Waals surface area contributed by atoms with E-state index in [0.717, 1.165) is 128 Å². The molecule has 4 fully saturated rings. The molecule has 44 heteroatoms. The average Bonchev–Trinajstić information content (AvgIpc) is 1.60. The van der Waals surface area contributed by atoms with Gasteiger partial charge in [-0.25, -0.2) is 53.6 Å². The van der Waals surface area contributed by atoms with Crippen molar-refractivity contribution in [3.05, 3.63) is 169 Å². The number of pyridine rings is 4. The second-order valence-electron chi connectivity index (χ2n) is 37.0. The van der Waals surface area contributed by atoms with Gasteiger partial charge in [0.1, 0.15) is 115 Å². The third-order valence-electron chi connectivity index (χ3n) is 28.1. The van der Waals surface area contributed by atoms with Gasteiger partial charge >= 0.3 is 0 Å². The molecular formula is C104H136N16O24S4. The molecule has 4 aliphatic carbocycles. The first-order valence-corrected chi connectivity index (χ1v) is 56.3. The first kappa shape index (κ1) is 112. The number of nitrogens with zero attached hydrogens (tertiary/aromatic N) is 16. The molecule has 0 saturated heterocycles. The van der Waals surface area contributed by atoms with Crippen LogP contribution in [-0.4, -0.2) is 264 Å². The third-order valence-corrected chi connectivity index (χ3v) is 36.4. The zero-order valence-corrected chi connectivity index (χ0v) is 89.8. The van der Waals surface area contributed by atoms with Gasteiger partial charge in [0.05, 0.1) is 131 Å². The molecule has 0 amide bonds. The summed E-state index contributed by atoms with van der Waals surface area (Å²) in [5.41, 5.74) is 3.51. The predicted octanol–water partition coefficient (Wildman–Crippen LogP) is 14.4. The van der Waals surface area contributed by atoms with Crippen molar-refractivity contribution >= 4 is 39.3 Å². The Labute approximate surface area is 864 Å². The maximum absolute atomic E-state index is 13.6. The van der Waals surface area contributed by atoms with E-state index in [2.05, 4.69) is 60.7 Å². The van der Waals surface area contributed by atoms with Crippen LogP contribution in [0.1, 0.15) is 179 Å². The SMILES string of the molecule is COc1cccc(-c2nnc(CS(=O)(=O)[C@@H](C)[C@@H](O)C3CCCCC3)n2-c2c(OC)cccc2OC)n1.COc1cccc(-c2nnc(CS(=O)(=O)[C@@H](C)[C@H](O)C3CCCCC3)n2-c2c(OC)cccc2OC)n1.COc1cccc(-c2nnc(CS(=O)(=O)[C@H](C)[C@@H](O)C3CCCCC3)n2-c2c(OC)cccc2OC)n1.COc1cccc(-c2nnc(CS(=O)(=O)[C@H](C)[C@H](O)C3CCCCC3)n2-c2c(OC)cccc2OC)n1. The van der Waals surface area contributed by atoms with Crippen LogP contribution in [0.4, 0.5) is 0 Å². The van der Waals surface area contributed by atoms with E-state index >= 15 is 0 Å². The molecule has 800 valence electrons. The van der Waals surface area contributed by atoms with Crippen LogP contribution in [0.3, 0.4) is 0 Å². The third kappa shape index (κ3) is 26.0. The Hall–Kier alpha value is -12.7. The van der Waals surface area contributed by atoms with Gasteiger partial charge in [0.15, 0.2) is 85.9 Å². The van der Waals surface area contributed by atoms with E-state index < -0.39 is 108 Å². The zero-order chi connectivity index (χ0) is 106. The summed E-state index contributed by atoms with van der Waals surface area (Å²) in [5.74, 6) is 5.01. The quantitative estimate of drug-likeness (QED) is 0.0277. The lowest BCUT2D eigenvalue weighted by Gasteiger charge is -2.30. The Morgan fingerprint density at radius 1 is 0.243 bits per heavy atom. The molecule has 148 heavy (non-hydrogen) atoms. The standard InChI is InChI=1S/4C26H34N4O6S/c4*1-17(25(31)18-10-6-5-7-11-18)37(32,33)16-22-28-29-26(19-12-8-15-23(27-19)36-4)30(22)24-20(34-2)13-9-14-21(24)35-3/h4*8-9,12-15,17-18,25,31H,5-7,10-11,16H2,1-4H3/t2*17-,25+;2*17-,25-/m1010/s1. The molecular weight excluding hydrogens is 1990 g/mol. The molecule has 0 bridgehead atoms. The summed E-state index contributed by atoms with van der Waals surface area (Å²) in [6.07, 6.45) is 15.4. The van der Waals surface area contributed by atoms with E-state index in [1.54, 1.807) is 192 Å². The van der Waals surface area contributed by atoms with Crippen molar-refractivity contribution < 1.29 is 111 Å². The summed E-state index contributed by atoms with van der Waals surface area (Å²) >= 11 is 0. The fourth-order valence-electron chi connectivity index (χ4n) is 19.6. The Balaban J connectivity index is 0.000000165. The molecule has 0 radical (unpaired) electrons. The van der Waals surface area contributed by atoms with Gasteiger partial charge in [-0.3, -0.25) is 18.3 Å². The highest BCUT2D eigenvalue weighted by Crippen LogP contribution is 2.45. The summed E-state index contributed by atoms with van der Waals surface area (Å²) < 4.78 is 181. The molecule has 0 unspecified atom stereocenters. The highest BCUT2D eigenvalue weighted by molar-refractivity contribution is 7.92. The lowest BCUT2D eigenvalue weighted by molar-refractivity contribution is 0.0837. The fraction of sp³-hybridized carbons (Fsp3) is 0.500. The van der Waals surface area contributed by atoms with Crippen LogP contribution in [0.2, 0.25) is 0 Å². The minimum absolute atomic E-state index is 0.0257. The molecule has 0 aliphatic heterocycles. The van der Waals surface area contributed by atoms with E-state index in [1.807, 2.05) is 0 Å². The van der Waals surface area contributed by atoms with Gasteiger partial charge < -0.3 is 77.3 Å². The second kappa shape index (κ2) is 51.5. The summed E-state index contributed by atoms with van der Waals surface area (Å²) in [7, 11) is 2.94. The van der Waals surface area contributed by atoms with Crippen LogP contribution in [0.5, 0.6) is 69.5 Å². The minimum atomic E-state index is -3.81. The van der Waals surface area contributed by atoms with Gasteiger partial charge in [-0.2, -0.15) is 0 Å². The second-order valence-corrected chi connectivity index (χ2v) is 46.4. The largest absolute Gasteiger partial charge is 0.494 e. The van der Waals surface area contributed by atoms with Gasteiger partial charge in [-0.1, -0.05) is 126 Å². The molecule has 4 aliphatic rings. The number of aliphatic hydroxyl groups excluding tert-OH is 4. The van der Waals surface area contributed by atoms with Crippen molar-refractivity contribution in [2.24, 2.45) is 23.7 Å². The van der Waals surface area contributed by atoms with Crippen molar-refractivity contribution in [1.82, 2.24) is 79.0 Å². The Kier molecular flexibility index (Phi) is 39.1.